The number of phenols is 1. The number of benzene rings is 1. The number of carbonyl (C=O) groups excluding carboxylic acids is 2. The molecule has 5 heteroatoms. The first-order valence-electron chi connectivity index (χ1n) is 8.24. The third-order valence-electron chi connectivity index (χ3n) is 4.55. The first-order valence-corrected chi connectivity index (χ1v) is 8.24. The minimum Gasteiger partial charge on any atom is -0.507 e. The Morgan fingerprint density at radius 1 is 1.38 bits per heavy atom. The van der Waals surface area contributed by atoms with Gasteiger partial charge in [-0.2, -0.15) is 0 Å². The van der Waals surface area contributed by atoms with Gasteiger partial charge in [-0.15, -0.1) is 0 Å². The molecule has 0 aromatic heterocycles. The van der Waals surface area contributed by atoms with Crippen LogP contribution in [0.3, 0.4) is 0 Å². The van der Waals surface area contributed by atoms with E-state index in [-0.39, 0.29) is 29.2 Å². The predicted molar refractivity (Wildman–Crippen MR) is 90.1 cm³/mol. The summed E-state index contributed by atoms with van der Waals surface area (Å²) in [5.41, 5.74) is 0.147. The van der Waals surface area contributed by atoms with Crippen LogP contribution < -0.4 is 4.74 Å². The number of allylic oxidation sites excluding steroid dienone is 3. The molecule has 1 unspecified atom stereocenters. The summed E-state index contributed by atoms with van der Waals surface area (Å²) in [5.74, 6) is 0.293. The molecule has 1 saturated heterocycles. The van der Waals surface area contributed by atoms with E-state index in [0.717, 1.165) is 25.8 Å². The molecule has 1 fully saturated rings. The van der Waals surface area contributed by atoms with Crippen LogP contribution in [-0.2, 0) is 4.79 Å². The molecular formula is C19H21NO4. The summed E-state index contributed by atoms with van der Waals surface area (Å²) in [4.78, 5) is 25.7. The number of phenolic OH excluding ortho intramolecular Hbond substituents is 1. The lowest BCUT2D eigenvalue weighted by Crippen LogP contribution is -2.42. The summed E-state index contributed by atoms with van der Waals surface area (Å²) in [7, 11) is 0. The van der Waals surface area contributed by atoms with Crippen molar-refractivity contribution in [1.29, 1.82) is 0 Å². The summed E-state index contributed by atoms with van der Waals surface area (Å²) in [6.45, 7) is 1.06. The lowest BCUT2D eigenvalue weighted by Gasteiger charge is -2.28. The number of nitrogens with zero attached hydrogens (tertiary/aromatic N) is 1. The molecule has 2 atom stereocenters. The van der Waals surface area contributed by atoms with Gasteiger partial charge in [-0.1, -0.05) is 30.4 Å². The molecule has 2 aliphatic rings. The van der Waals surface area contributed by atoms with Gasteiger partial charge in [0, 0.05) is 6.54 Å². The molecule has 1 N–H and O–H groups in total. The maximum Gasteiger partial charge on any atom is 0.230 e. The highest BCUT2D eigenvalue weighted by molar-refractivity contribution is 5.83. The number of rotatable bonds is 5. The summed E-state index contributed by atoms with van der Waals surface area (Å²) >= 11 is 0. The van der Waals surface area contributed by atoms with E-state index in [1.165, 1.54) is 6.07 Å². The molecule has 0 spiro atoms. The van der Waals surface area contributed by atoms with Crippen LogP contribution in [-0.4, -0.2) is 41.4 Å². The molecule has 24 heavy (non-hydrogen) atoms. The van der Waals surface area contributed by atoms with Gasteiger partial charge >= 0.3 is 0 Å². The first-order chi connectivity index (χ1) is 11.7. The third-order valence-corrected chi connectivity index (χ3v) is 4.55. The van der Waals surface area contributed by atoms with Crippen LogP contribution in [0, 0.1) is 5.92 Å². The lowest BCUT2D eigenvalue weighted by atomic mass is 9.99. The van der Waals surface area contributed by atoms with Gasteiger partial charge in [0.05, 0.1) is 17.5 Å². The van der Waals surface area contributed by atoms with Gasteiger partial charge in [0.1, 0.15) is 18.1 Å². The molecule has 0 bridgehead atoms. The van der Waals surface area contributed by atoms with Crippen LogP contribution in [0.15, 0.2) is 42.5 Å². The van der Waals surface area contributed by atoms with Crippen molar-refractivity contribution < 1.29 is 19.4 Å². The fraction of sp³-hybridized carbons (Fsp3) is 0.368. The monoisotopic (exact) mass is 327 g/mol. The van der Waals surface area contributed by atoms with E-state index in [9.17, 15) is 14.7 Å². The molecule has 1 aromatic carbocycles. The summed E-state index contributed by atoms with van der Waals surface area (Å²) in [6.07, 6.45) is 11.0. The van der Waals surface area contributed by atoms with Crippen molar-refractivity contribution in [3.8, 4) is 11.5 Å². The van der Waals surface area contributed by atoms with E-state index in [1.54, 1.807) is 12.1 Å². The Hall–Kier alpha value is -2.56. The topological polar surface area (TPSA) is 66.8 Å². The van der Waals surface area contributed by atoms with Gasteiger partial charge < -0.3 is 14.7 Å². The number of hydrogen-bond acceptors (Lipinski definition) is 4. The molecule has 1 heterocycles. The predicted octanol–water partition coefficient (Wildman–Crippen LogP) is 2.71. The standard InChI is InChI=1S/C19H21NO4/c21-12-16-17(22)9-4-10-18(16)24-13-15-8-5-11-20(15)19(23)14-6-2-1-3-7-14/h1-4,6,9-10,12,14-15,22H,5,7-8,11,13H2/t14?,15-/m0/s1. The number of aromatic hydroxyl groups is 1. The zero-order chi connectivity index (χ0) is 16.9. The number of carbonyl (C=O) groups is 2. The largest absolute Gasteiger partial charge is 0.507 e. The summed E-state index contributed by atoms with van der Waals surface area (Å²) < 4.78 is 5.74. The molecule has 1 aliphatic heterocycles. The Morgan fingerprint density at radius 2 is 2.25 bits per heavy atom. The van der Waals surface area contributed by atoms with Crippen LogP contribution in [0.1, 0.15) is 29.6 Å². The van der Waals surface area contributed by atoms with Crippen molar-refractivity contribution >= 4 is 12.2 Å². The molecule has 1 aliphatic carbocycles. The van der Waals surface area contributed by atoms with E-state index in [1.807, 2.05) is 29.2 Å². The molecule has 1 amide bonds. The SMILES string of the molecule is O=Cc1c(O)cccc1OC[C@@H]1CCCN1C(=O)C1C=CC=CC1. The highest BCUT2D eigenvalue weighted by Gasteiger charge is 2.32. The lowest BCUT2D eigenvalue weighted by molar-refractivity contribution is -0.135. The highest BCUT2D eigenvalue weighted by Crippen LogP contribution is 2.28. The van der Waals surface area contributed by atoms with Crippen LogP contribution >= 0.6 is 0 Å². The number of amides is 1. The molecule has 3 rings (SSSR count). The highest BCUT2D eigenvalue weighted by atomic mass is 16.5. The summed E-state index contributed by atoms with van der Waals surface area (Å²) in [5, 5.41) is 9.70. The van der Waals surface area contributed by atoms with Crippen molar-refractivity contribution in [3.05, 3.63) is 48.1 Å². The van der Waals surface area contributed by atoms with Crippen LogP contribution in [0.4, 0.5) is 0 Å². The van der Waals surface area contributed by atoms with E-state index in [0.29, 0.717) is 18.6 Å². The number of aldehydes is 1. The second-order valence-corrected chi connectivity index (χ2v) is 6.10. The van der Waals surface area contributed by atoms with Crippen molar-refractivity contribution in [2.45, 2.75) is 25.3 Å². The van der Waals surface area contributed by atoms with Gasteiger partial charge in [-0.25, -0.2) is 0 Å². The van der Waals surface area contributed by atoms with Gasteiger partial charge in [0.2, 0.25) is 5.91 Å². The van der Waals surface area contributed by atoms with E-state index < -0.39 is 0 Å². The van der Waals surface area contributed by atoms with Crippen molar-refractivity contribution in [2.24, 2.45) is 5.92 Å². The Kier molecular flexibility index (Phi) is 4.99. The fourth-order valence-electron chi connectivity index (χ4n) is 3.24. The Bertz CT molecular complexity index is 680. The second kappa shape index (κ2) is 7.34. The minimum atomic E-state index is -0.0963. The average Bonchev–Trinajstić information content (AvgIpc) is 3.08. The van der Waals surface area contributed by atoms with Crippen molar-refractivity contribution in [1.82, 2.24) is 4.90 Å². The normalized spacial score (nSPS) is 22.6. The smallest absolute Gasteiger partial charge is 0.230 e. The van der Waals surface area contributed by atoms with Gasteiger partial charge in [-0.3, -0.25) is 9.59 Å². The minimum absolute atomic E-state index is 0.00124. The molecule has 126 valence electrons. The first kappa shape index (κ1) is 16.3. The molecule has 1 aromatic rings. The molecule has 0 saturated carbocycles. The number of ether oxygens (including phenoxy) is 1. The maximum absolute atomic E-state index is 12.7. The van der Waals surface area contributed by atoms with Gasteiger partial charge in [-0.05, 0) is 31.4 Å². The van der Waals surface area contributed by atoms with Crippen molar-refractivity contribution in [3.63, 3.8) is 0 Å². The van der Waals surface area contributed by atoms with E-state index in [2.05, 4.69) is 0 Å². The van der Waals surface area contributed by atoms with Gasteiger partial charge in [0.15, 0.2) is 6.29 Å². The van der Waals surface area contributed by atoms with E-state index >= 15 is 0 Å². The van der Waals surface area contributed by atoms with Crippen LogP contribution in [0.25, 0.3) is 0 Å². The van der Waals surface area contributed by atoms with E-state index in [4.69, 9.17) is 4.74 Å². The quantitative estimate of drug-likeness (QED) is 0.845. The Labute approximate surface area is 141 Å². The van der Waals surface area contributed by atoms with Gasteiger partial charge in [0.25, 0.3) is 0 Å². The van der Waals surface area contributed by atoms with Crippen LogP contribution in [0.5, 0.6) is 11.5 Å². The number of hydrogen-bond donors (Lipinski definition) is 1. The number of likely N-dealkylation sites (tertiary alicyclic amines) is 1. The molecular weight excluding hydrogens is 306 g/mol. The maximum atomic E-state index is 12.7. The average molecular weight is 327 g/mol. The van der Waals surface area contributed by atoms with Crippen LogP contribution in [0.2, 0.25) is 0 Å². The van der Waals surface area contributed by atoms with Crippen molar-refractivity contribution in [2.75, 3.05) is 13.2 Å². The second-order valence-electron chi connectivity index (χ2n) is 6.10. The Morgan fingerprint density at radius 3 is 3.00 bits per heavy atom. The zero-order valence-corrected chi connectivity index (χ0v) is 13.4. The fourth-order valence-corrected chi connectivity index (χ4v) is 3.24. The Balaban J connectivity index is 1.65. The third kappa shape index (κ3) is 3.35. The molecule has 0 radical (unpaired) electrons. The molecule has 5 nitrogen and oxygen atoms in total. The summed E-state index contributed by atoms with van der Waals surface area (Å²) in [6, 6.07) is 4.73. The zero-order valence-electron chi connectivity index (χ0n) is 13.4.